The van der Waals surface area contributed by atoms with Crippen molar-refractivity contribution in [3.8, 4) is 5.75 Å². The fourth-order valence-electron chi connectivity index (χ4n) is 4.94. The van der Waals surface area contributed by atoms with E-state index in [0.717, 1.165) is 40.1 Å². The van der Waals surface area contributed by atoms with Crippen LogP contribution in [0.25, 0.3) is 15.7 Å². The van der Waals surface area contributed by atoms with Crippen molar-refractivity contribution in [3.63, 3.8) is 0 Å². The van der Waals surface area contributed by atoms with Crippen LogP contribution in [-0.2, 0) is 17.6 Å². The van der Waals surface area contributed by atoms with Crippen LogP contribution in [0.15, 0.2) is 30.9 Å². The van der Waals surface area contributed by atoms with Crippen LogP contribution in [-0.4, -0.2) is 61.3 Å². The first kappa shape index (κ1) is 20.4. The summed E-state index contributed by atoms with van der Waals surface area (Å²) in [7, 11) is 1.63. The summed E-state index contributed by atoms with van der Waals surface area (Å²) in [5.74, 6) is 1.50. The number of hydrogen-bond acceptors (Lipinski definition) is 8. The number of hydrogen-bond donors (Lipinski definition) is 2. The largest absolute Gasteiger partial charge is 0.493 e. The van der Waals surface area contributed by atoms with Crippen LogP contribution in [0.1, 0.15) is 23.8 Å². The highest BCUT2D eigenvalue weighted by atomic mass is 32.1. The van der Waals surface area contributed by atoms with Crippen LogP contribution >= 0.6 is 11.3 Å². The van der Waals surface area contributed by atoms with E-state index in [4.69, 9.17) is 4.74 Å². The first-order valence-electron chi connectivity index (χ1n) is 11.0. The average molecular weight is 465 g/mol. The van der Waals surface area contributed by atoms with Crippen molar-refractivity contribution in [3.05, 3.63) is 41.3 Å². The van der Waals surface area contributed by atoms with E-state index in [1.807, 2.05) is 18.3 Å². The van der Waals surface area contributed by atoms with Crippen molar-refractivity contribution < 1.29 is 14.6 Å². The Bertz CT molecular complexity index is 1390. The molecule has 2 N–H and O–H groups in total. The number of nitrogens with zero attached hydrogens (tertiary/aromatic N) is 5. The Labute approximate surface area is 194 Å². The van der Waals surface area contributed by atoms with E-state index in [1.54, 1.807) is 47.3 Å². The molecule has 1 fully saturated rings. The number of aromatic nitrogens is 4. The fraction of sp³-hybridized carbons (Fsp3) is 0.391. The smallest absolute Gasteiger partial charge is 0.226 e. The molecule has 4 aromatic heterocycles. The number of fused-ring (bicyclic) bond motifs is 4. The number of anilines is 2. The number of thiophene rings is 1. The van der Waals surface area contributed by atoms with Crippen LogP contribution in [0.3, 0.4) is 0 Å². The van der Waals surface area contributed by atoms with Gasteiger partial charge in [0.2, 0.25) is 5.91 Å². The van der Waals surface area contributed by atoms with Crippen LogP contribution in [0, 0.1) is 5.92 Å². The number of carbonyl (C=O) groups is 1. The van der Waals surface area contributed by atoms with Crippen LogP contribution in [0.5, 0.6) is 5.75 Å². The SMILES string of the molecule is COc1cn2nccc2cc1Nc1ncnc2sc3c(c12)CC[C@H](C(=O)N1CC(C)(O)C1)C3. The van der Waals surface area contributed by atoms with Gasteiger partial charge in [-0.3, -0.25) is 4.79 Å². The Balaban J connectivity index is 1.32. The van der Waals surface area contributed by atoms with E-state index >= 15 is 0 Å². The van der Waals surface area contributed by atoms with Gasteiger partial charge in [0.1, 0.15) is 17.0 Å². The number of methoxy groups -OCH3 is 1. The maximum Gasteiger partial charge on any atom is 0.226 e. The second-order valence-corrected chi connectivity index (χ2v) is 10.2. The van der Waals surface area contributed by atoms with Gasteiger partial charge in [-0.2, -0.15) is 5.10 Å². The molecule has 6 rings (SSSR count). The van der Waals surface area contributed by atoms with Gasteiger partial charge in [0.15, 0.2) is 5.75 Å². The molecule has 0 spiro atoms. The molecule has 170 valence electrons. The molecule has 0 aromatic carbocycles. The van der Waals surface area contributed by atoms with Crippen molar-refractivity contribution in [2.75, 3.05) is 25.5 Å². The van der Waals surface area contributed by atoms with Crippen LogP contribution in [0.2, 0.25) is 0 Å². The van der Waals surface area contributed by atoms with Gasteiger partial charge >= 0.3 is 0 Å². The van der Waals surface area contributed by atoms with E-state index in [1.165, 1.54) is 10.4 Å². The lowest BCUT2D eigenvalue weighted by Crippen LogP contribution is -2.63. The molecule has 0 unspecified atom stereocenters. The van der Waals surface area contributed by atoms with Gasteiger partial charge < -0.3 is 20.1 Å². The van der Waals surface area contributed by atoms with Crippen molar-refractivity contribution >= 4 is 44.5 Å². The van der Waals surface area contributed by atoms with Gasteiger partial charge in [-0.1, -0.05) is 0 Å². The van der Waals surface area contributed by atoms with Gasteiger partial charge in [-0.25, -0.2) is 14.5 Å². The van der Waals surface area contributed by atoms with Crippen LogP contribution < -0.4 is 10.1 Å². The predicted molar refractivity (Wildman–Crippen MR) is 125 cm³/mol. The molecule has 0 saturated carbocycles. The summed E-state index contributed by atoms with van der Waals surface area (Å²) >= 11 is 1.64. The first-order chi connectivity index (χ1) is 15.9. The summed E-state index contributed by atoms with van der Waals surface area (Å²) in [5.41, 5.74) is 2.23. The molecule has 5 heterocycles. The number of nitrogens with one attached hydrogen (secondary N) is 1. The molecule has 1 saturated heterocycles. The lowest BCUT2D eigenvalue weighted by molar-refractivity contribution is -0.156. The molecule has 1 atom stereocenters. The maximum absolute atomic E-state index is 12.9. The predicted octanol–water partition coefficient (Wildman–Crippen LogP) is 2.79. The maximum atomic E-state index is 12.9. The topological polar surface area (TPSA) is 105 Å². The third-order valence-corrected chi connectivity index (χ3v) is 7.70. The molecule has 2 aliphatic rings. The van der Waals surface area contributed by atoms with E-state index in [-0.39, 0.29) is 11.8 Å². The molecule has 1 amide bonds. The van der Waals surface area contributed by atoms with E-state index < -0.39 is 5.60 Å². The Morgan fingerprint density at radius 1 is 1.36 bits per heavy atom. The van der Waals surface area contributed by atoms with Crippen molar-refractivity contribution in [2.45, 2.75) is 31.8 Å². The summed E-state index contributed by atoms with van der Waals surface area (Å²) in [6, 6.07) is 3.91. The molecule has 9 nitrogen and oxygen atoms in total. The van der Waals surface area contributed by atoms with Gasteiger partial charge in [0, 0.05) is 17.0 Å². The van der Waals surface area contributed by atoms with E-state index in [2.05, 4.69) is 20.4 Å². The van der Waals surface area contributed by atoms with E-state index in [0.29, 0.717) is 25.3 Å². The Kier molecular flexibility index (Phi) is 4.56. The molecule has 4 aromatic rings. The quantitative estimate of drug-likeness (QED) is 0.478. The summed E-state index contributed by atoms with van der Waals surface area (Å²) in [5, 5.41) is 18.7. The van der Waals surface area contributed by atoms with Gasteiger partial charge in [-0.15, -0.1) is 11.3 Å². The normalized spacial score (nSPS) is 19.4. The number of pyridine rings is 1. The number of aryl methyl sites for hydroxylation is 1. The summed E-state index contributed by atoms with van der Waals surface area (Å²) in [6.07, 6.45) is 7.45. The minimum atomic E-state index is -0.746. The van der Waals surface area contributed by atoms with Crippen molar-refractivity contribution in [2.24, 2.45) is 5.92 Å². The minimum absolute atomic E-state index is 0.0459. The molecule has 0 bridgehead atoms. The lowest BCUT2D eigenvalue weighted by Gasteiger charge is -2.45. The number of amides is 1. The number of rotatable bonds is 4. The zero-order valence-corrected chi connectivity index (χ0v) is 19.2. The number of likely N-dealkylation sites (tertiary alicyclic amines) is 1. The number of aliphatic hydroxyl groups is 1. The molecule has 0 radical (unpaired) electrons. The standard InChI is InChI=1S/C23H24N6O3S/c1-23(31)10-28(11-23)22(30)13-3-4-15-18(7-13)33-21-19(15)20(24-12-25-21)27-16-8-14-5-6-26-29(14)9-17(16)32-2/h5-6,8-9,12-13,31H,3-4,7,10-11H2,1-2H3,(H,24,25,27)/t13-/m0/s1. The number of ether oxygens (including phenoxy) is 1. The zero-order chi connectivity index (χ0) is 22.7. The monoisotopic (exact) mass is 464 g/mol. The lowest BCUT2D eigenvalue weighted by atomic mass is 9.85. The highest BCUT2D eigenvalue weighted by Gasteiger charge is 2.42. The van der Waals surface area contributed by atoms with Crippen molar-refractivity contribution in [1.29, 1.82) is 0 Å². The third kappa shape index (κ3) is 3.41. The van der Waals surface area contributed by atoms with Crippen molar-refractivity contribution in [1.82, 2.24) is 24.5 Å². The van der Waals surface area contributed by atoms with Crippen LogP contribution in [0.4, 0.5) is 11.5 Å². The second-order valence-electron chi connectivity index (χ2n) is 9.12. The highest BCUT2D eigenvalue weighted by molar-refractivity contribution is 7.19. The average Bonchev–Trinajstić information content (AvgIpc) is 3.39. The van der Waals surface area contributed by atoms with E-state index in [9.17, 15) is 9.90 Å². The Morgan fingerprint density at radius 3 is 3.00 bits per heavy atom. The Morgan fingerprint density at radius 2 is 2.21 bits per heavy atom. The zero-order valence-electron chi connectivity index (χ0n) is 18.4. The molecule has 1 aliphatic carbocycles. The van der Waals surface area contributed by atoms with Gasteiger partial charge in [0.25, 0.3) is 0 Å². The fourth-order valence-corrected chi connectivity index (χ4v) is 6.21. The number of β-amino-alcohol motifs (C(OH)–C–C–N with tert-alkyl or cyclic N) is 1. The number of carbonyl (C=O) groups excluding carboxylic acids is 1. The summed E-state index contributed by atoms with van der Waals surface area (Å²) in [6.45, 7) is 2.61. The minimum Gasteiger partial charge on any atom is -0.493 e. The molecule has 1 aliphatic heterocycles. The second kappa shape index (κ2) is 7.39. The Hall–Kier alpha value is -3.24. The molecule has 10 heteroatoms. The molecule has 33 heavy (non-hydrogen) atoms. The van der Waals surface area contributed by atoms with Gasteiger partial charge in [0.05, 0.1) is 48.6 Å². The third-order valence-electron chi connectivity index (χ3n) is 6.54. The molecular formula is C23H24N6O3S. The first-order valence-corrected chi connectivity index (χ1v) is 11.8. The summed E-state index contributed by atoms with van der Waals surface area (Å²) < 4.78 is 7.34. The molecular weight excluding hydrogens is 440 g/mol. The van der Waals surface area contributed by atoms with Gasteiger partial charge in [-0.05, 0) is 43.9 Å². The highest BCUT2D eigenvalue weighted by Crippen LogP contribution is 2.42. The summed E-state index contributed by atoms with van der Waals surface area (Å²) in [4.78, 5) is 25.9.